The van der Waals surface area contributed by atoms with Gasteiger partial charge in [-0.1, -0.05) is 6.07 Å². The average Bonchev–Trinajstić information content (AvgIpc) is 3.26. The zero-order valence-electron chi connectivity index (χ0n) is 17.6. The van der Waals surface area contributed by atoms with E-state index >= 15 is 0 Å². The molecule has 29 heavy (non-hydrogen) atoms. The van der Waals surface area contributed by atoms with Gasteiger partial charge in [-0.3, -0.25) is 0 Å². The molecule has 0 aliphatic rings. The molecule has 7 heteroatoms. The molecule has 0 spiro atoms. The van der Waals surface area contributed by atoms with Crippen molar-refractivity contribution in [2.45, 2.75) is 46.6 Å². The molecular weight excluding hydrogens is 372 g/mol. The molecule has 0 aliphatic heterocycles. The molecule has 0 amide bonds. The lowest BCUT2D eigenvalue weighted by Crippen LogP contribution is -2.36. The highest BCUT2D eigenvalue weighted by molar-refractivity contribution is 5.92. The van der Waals surface area contributed by atoms with Crippen molar-refractivity contribution >= 4 is 16.9 Å². The quantitative estimate of drug-likeness (QED) is 0.432. The zero-order chi connectivity index (χ0) is 21.0. The second-order valence-electron chi connectivity index (χ2n) is 7.82. The number of fused-ring (bicyclic) bond motifs is 1. The van der Waals surface area contributed by atoms with E-state index in [2.05, 4.69) is 31.1 Å². The number of aromatic nitrogens is 1. The molecule has 0 saturated carbocycles. The van der Waals surface area contributed by atoms with Crippen LogP contribution in [-0.4, -0.2) is 36.3 Å². The molecule has 1 aromatic carbocycles. The summed E-state index contributed by atoms with van der Waals surface area (Å²) >= 11 is 0. The number of rotatable bonds is 8. The van der Waals surface area contributed by atoms with Gasteiger partial charge in [-0.2, -0.15) is 4.98 Å². The standard InChI is InChI=1S/C22H28N2O5/c1-6-26-21(25)15-13-28-20(24-15)19-14(2)18-16(9-7-10-17(18)29-19)27-12-8-11-23-22(3,4)5/h7,9-10,13,23H,6,8,11-12H2,1-5H3. The van der Waals surface area contributed by atoms with Crippen molar-refractivity contribution in [3.63, 3.8) is 0 Å². The van der Waals surface area contributed by atoms with Gasteiger partial charge >= 0.3 is 5.97 Å². The fourth-order valence-electron chi connectivity index (χ4n) is 2.98. The minimum atomic E-state index is -0.524. The van der Waals surface area contributed by atoms with Gasteiger partial charge in [0, 0.05) is 11.1 Å². The van der Waals surface area contributed by atoms with Gasteiger partial charge in [0.25, 0.3) is 5.89 Å². The van der Waals surface area contributed by atoms with Crippen LogP contribution < -0.4 is 10.1 Å². The SMILES string of the molecule is CCOC(=O)c1coc(-c2oc3cccc(OCCCNC(C)(C)C)c3c2C)n1. The Morgan fingerprint density at radius 2 is 2.07 bits per heavy atom. The predicted molar refractivity (Wildman–Crippen MR) is 110 cm³/mol. The second kappa shape index (κ2) is 8.69. The van der Waals surface area contributed by atoms with Gasteiger partial charge in [0.05, 0.1) is 18.6 Å². The van der Waals surface area contributed by atoms with Crippen LogP contribution in [0.5, 0.6) is 5.75 Å². The van der Waals surface area contributed by atoms with Gasteiger partial charge in [-0.25, -0.2) is 4.79 Å². The van der Waals surface area contributed by atoms with Crippen LogP contribution in [0.3, 0.4) is 0 Å². The third-order valence-electron chi connectivity index (χ3n) is 4.33. The first-order valence-electron chi connectivity index (χ1n) is 9.83. The third-order valence-corrected chi connectivity index (χ3v) is 4.33. The van der Waals surface area contributed by atoms with Gasteiger partial charge in [0.15, 0.2) is 11.5 Å². The van der Waals surface area contributed by atoms with Crippen LogP contribution in [0, 0.1) is 6.92 Å². The summed E-state index contributed by atoms with van der Waals surface area (Å²) in [5.41, 5.74) is 1.73. The molecule has 0 bridgehead atoms. The van der Waals surface area contributed by atoms with Crippen LogP contribution in [0.15, 0.2) is 33.3 Å². The van der Waals surface area contributed by atoms with E-state index in [0.29, 0.717) is 18.0 Å². The summed E-state index contributed by atoms with van der Waals surface area (Å²) in [4.78, 5) is 16.0. The van der Waals surface area contributed by atoms with E-state index in [-0.39, 0.29) is 23.7 Å². The number of carbonyl (C=O) groups is 1. The minimum Gasteiger partial charge on any atom is -0.493 e. The molecule has 156 valence electrons. The summed E-state index contributed by atoms with van der Waals surface area (Å²) in [6, 6.07) is 5.68. The lowest BCUT2D eigenvalue weighted by Gasteiger charge is -2.20. The summed E-state index contributed by atoms with van der Waals surface area (Å²) in [5, 5.41) is 4.32. The van der Waals surface area contributed by atoms with Crippen molar-refractivity contribution < 1.29 is 23.1 Å². The summed E-state index contributed by atoms with van der Waals surface area (Å²) < 4.78 is 22.4. The summed E-state index contributed by atoms with van der Waals surface area (Å²) in [5.74, 6) is 0.940. The highest BCUT2D eigenvalue weighted by Gasteiger charge is 2.22. The highest BCUT2D eigenvalue weighted by Crippen LogP contribution is 2.37. The molecule has 0 radical (unpaired) electrons. The molecule has 0 aliphatic carbocycles. The van der Waals surface area contributed by atoms with Crippen LogP contribution in [0.25, 0.3) is 22.6 Å². The van der Waals surface area contributed by atoms with Crippen LogP contribution >= 0.6 is 0 Å². The van der Waals surface area contributed by atoms with Crippen LogP contribution in [0.1, 0.15) is 50.2 Å². The fourth-order valence-corrected chi connectivity index (χ4v) is 2.98. The number of hydrogen-bond donors (Lipinski definition) is 1. The number of benzene rings is 1. The van der Waals surface area contributed by atoms with E-state index in [0.717, 1.165) is 29.7 Å². The molecule has 7 nitrogen and oxygen atoms in total. The summed E-state index contributed by atoms with van der Waals surface area (Å²) in [7, 11) is 0. The van der Waals surface area contributed by atoms with Crippen molar-refractivity contribution in [1.29, 1.82) is 0 Å². The molecular formula is C22H28N2O5. The lowest BCUT2D eigenvalue weighted by atomic mass is 10.1. The van der Waals surface area contributed by atoms with E-state index in [1.807, 2.05) is 25.1 Å². The van der Waals surface area contributed by atoms with Gasteiger partial charge in [-0.15, -0.1) is 0 Å². The number of carbonyl (C=O) groups excluding carboxylic acids is 1. The Morgan fingerprint density at radius 1 is 1.28 bits per heavy atom. The molecule has 3 rings (SSSR count). The minimum absolute atomic E-state index is 0.0918. The van der Waals surface area contributed by atoms with Gasteiger partial charge < -0.3 is 23.6 Å². The smallest absolute Gasteiger partial charge is 0.360 e. The van der Waals surface area contributed by atoms with Crippen LogP contribution in [0.4, 0.5) is 0 Å². The molecule has 0 atom stereocenters. The maximum absolute atomic E-state index is 11.8. The van der Waals surface area contributed by atoms with E-state index in [1.54, 1.807) is 6.92 Å². The van der Waals surface area contributed by atoms with Crippen molar-refractivity contribution in [2.75, 3.05) is 19.8 Å². The Morgan fingerprint density at radius 3 is 2.79 bits per heavy atom. The Balaban J connectivity index is 1.78. The Labute approximate surface area is 170 Å². The lowest BCUT2D eigenvalue weighted by molar-refractivity contribution is 0.0519. The maximum Gasteiger partial charge on any atom is 0.360 e. The molecule has 0 saturated heterocycles. The van der Waals surface area contributed by atoms with Gasteiger partial charge in [0.1, 0.15) is 17.6 Å². The van der Waals surface area contributed by atoms with Crippen molar-refractivity contribution in [2.24, 2.45) is 0 Å². The number of nitrogens with one attached hydrogen (secondary N) is 1. The molecule has 1 N–H and O–H groups in total. The summed E-state index contributed by atoms with van der Waals surface area (Å²) in [6.45, 7) is 11.8. The van der Waals surface area contributed by atoms with Crippen molar-refractivity contribution in [3.8, 4) is 17.4 Å². The largest absolute Gasteiger partial charge is 0.493 e. The molecule has 3 aromatic rings. The Bertz CT molecular complexity index is 981. The third kappa shape index (κ3) is 4.98. The van der Waals surface area contributed by atoms with E-state index in [4.69, 9.17) is 18.3 Å². The normalized spacial score (nSPS) is 11.8. The number of esters is 1. The highest BCUT2D eigenvalue weighted by atomic mass is 16.5. The predicted octanol–water partition coefficient (Wildman–Crippen LogP) is 4.73. The van der Waals surface area contributed by atoms with E-state index in [9.17, 15) is 4.79 Å². The average molecular weight is 400 g/mol. The number of hydrogen-bond acceptors (Lipinski definition) is 7. The van der Waals surface area contributed by atoms with Gasteiger partial charge in [0.2, 0.25) is 0 Å². The maximum atomic E-state index is 11.8. The molecule has 0 fully saturated rings. The Hall–Kier alpha value is -2.80. The number of ether oxygens (including phenoxy) is 2. The second-order valence-corrected chi connectivity index (χ2v) is 7.82. The fraction of sp³-hybridized carbons (Fsp3) is 0.455. The molecule has 2 aromatic heterocycles. The summed E-state index contributed by atoms with van der Waals surface area (Å²) in [6.07, 6.45) is 2.17. The number of aryl methyl sites for hydroxylation is 1. The Kier molecular flexibility index (Phi) is 6.27. The van der Waals surface area contributed by atoms with Gasteiger partial charge in [-0.05, 0) is 59.7 Å². The molecule has 0 unspecified atom stereocenters. The number of furan rings is 1. The van der Waals surface area contributed by atoms with Crippen molar-refractivity contribution in [3.05, 3.63) is 35.7 Å². The van der Waals surface area contributed by atoms with Crippen molar-refractivity contribution in [1.82, 2.24) is 10.3 Å². The monoisotopic (exact) mass is 400 g/mol. The molecule has 2 heterocycles. The van der Waals surface area contributed by atoms with E-state index in [1.165, 1.54) is 6.26 Å². The number of oxazole rings is 1. The topological polar surface area (TPSA) is 86.7 Å². The van der Waals surface area contributed by atoms with Crippen LogP contribution in [0.2, 0.25) is 0 Å². The van der Waals surface area contributed by atoms with E-state index < -0.39 is 5.97 Å². The first-order chi connectivity index (χ1) is 13.8. The zero-order valence-corrected chi connectivity index (χ0v) is 17.6. The first kappa shape index (κ1) is 20.9. The number of nitrogens with zero attached hydrogens (tertiary/aromatic N) is 1. The van der Waals surface area contributed by atoms with Crippen LogP contribution in [-0.2, 0) is 4.74 Å². The first-order valence-corrected chi connectivity index (χ1v) is 9.83.